The first-order valence-corrected chi connectivity index (χ1v) is 8.44. The zero-order valence-corrected chi connectivity index (χ0v) is 13.8. The van der Waals surface area contributed by atoms with Crippen LogP contribution in [0.25, 0.3) is 22.3 Å². The van der Waals surface area contributed by atoms with Crippen LogP contribution >= 0.6 is 0 Å². The van der Waals surface area contributed by atoms with E-state index in [4.69, 9.17) is 0 Å². The molecule has 0 radical (unpaired) electrons. The Morgan fingerprint density at radius 3 is 2.69 bits per heavy atom. The molecule has 1 aliphatic carbocycles. The summed E-state index contributed by atoms with van der Waals surface area (Å²) in [7, 11) is 0. The van der Waals surface area contributed by atoms with E-state index < -0.39 is 5.92 Å². The van der Waals surface area contributed by atoms with E-state index in [0.717, 1.165) is 39.0 Å². The van der Waals surface area contributed by atoms with Crippen LogP contribution in [0.5, 0.6) is 5.75 Å². The fourth-order valence-corrected chi connectivity index (χ4v) is 3.82. The third-order valence-electron chi connectivity index (χ3n) is 5.00. The van der Waals surface area contributed by atoms with E-state index in [-0.39, 0.29) is 11.5 Å². The van der Waals surface area contributed by atoms with Gasteiger partial charge in [0.25, 0.3) is 0 Å². The molecule has 0 bridgehead atoms. The zero-order valence-electron chi connectivity index (χ0n) is 13.8. The maximum absolute atomic E-state index is 13.2. The molecule has 1 atom stereocenters. The van der Waals surface area contributed by atoms with Crippen LogP contribution in [-0.4, -0.2) is 25.8 Å². The van der Waals surface area contributed by atoms with Crippen LogP contribution in [0.15, 0.2) is 61.1 Å². The van der Waals surface area contributed by atoms with Gasteiger partial charge < -0.3 is 10.1 Å². The van der Waals surface area contributed by atoms with Crippen molar-refractivity contribution in [3.8, 4) is 17.0 Å². The number of rotatable bonds is 1. The third kappa shape index (κ3) is 2.14. The number of benzene rings is 2. The van der Waals surface area contributed by atoms with E-state index in [1.807, 2.05) is 30.5 Å². The third-order valence-corrected chi connectivity index (χ3v) is 5.00. The summed E-state index contributed by atoms with van der Waals surface area (Å²) in [4.78, 5) is 25.3. The zero-order chi connectivity index (χ0) is 17.7. The number of carbonyl (C=O) groups excluding carboxylic acids is 1. The Kier molecular flexibility index (Phi) is 3.15. The first-order valence-electron chi connectivity index (χ1n) is 8.44. The van der Waals surface area contributed by atoms with Crippen molar-refractivity contribution in [2.24, 2.45) is 0 Å². The van der Waals surface area contributed by atoms with Crippen molar-refractivity contribution >= 4 is 16.8 Å². The highest BCUT2D eigenvalue weighted by Gasteiger charge is 2.30. The van der Waals surface area contributed by atoms with E-state index >= 15 is 0 Å². The summed E-state index contributed by atoms with van der Waals surface area (Å²) in [6, 6.07) is 14.7. The average molecular weight is 341 g/mol. The quantitative estimate of drug-likeness (QED) is 0.554. The molecule has 1 unspecified atom stereocenters. The Hall–Kier alpha value is -3.47. The Labute approximate surface area is 149 Å². The van der Waals surface area contributed by atoms with Crippen LogP contribution in [0.3, 0.4) is 0 Å². The van der Waals surface area contributed by atoms with Gasteiger partial charge in [0.2, 0.25) is 0 Å². The van der Waals surface area contributed by atoms with E-state index in [0.29, 0.717) is 6.42 Å². The molecule has 2 N–H and O–H groups in total. The van der Waals surface area contributed by atoms with Gasteiger partial charge in [-0.2, -0.15) is 0 Å². The summed E-state index contributed by atoms with van der Waals surface area (Å²) < 4.78 is 0. The Balaban J connectivity index is 1.85. The molecule has 2 aromatic heterocycles. The van der Waals surface area contributed by atoms with Crippen LogP contribution in [-0.2, 0) is 11.2 Å². The lowest BCUT2D eigenvalue weighted by Gasteiger charge is -2.21. The number of aromatic hydroxyl groups is 1. The molecule has 5 nitrogen and oxygen atoms in total. The predicted octanol–water partition coefficient (Wildman–Crippen LogP) is 3.59. The SMILES string of the molecule is O=C1Cc2ccccc2-c2ncnc3[nH]cc(c23)C1c1ccc(O)cc1. The maximum Gasteiger partial charge on any atom is 0.149 e. The first kappa shape index (κ1) is 14.8. The number of nitrogens with zero attached hydrogens (tertiary/aromatic N) is 2. The molecule has 0 saturated heterocycles. The van der Waals surface area contributed by atoms with Gasteiger partial charge in [0.15, 0.2) is 0 Å². The topological polar surface area (TPSA) is 78.9 Å². The lowest BCUT2D eigenvalue weighted by molar-refractivity contribution is -0.119. The number of nitrogens with one attached hydrogen (secondary N) is 1. The van der Waals surface area contributed by atoms with Crippen LogP contribution in [0.4, 0.5) is 0 Å². The molecule has 2 heterocycles. The van der Waals surface area contributed by atoms with E-state index in [1.165, 1.54) is 0 Å². The molecule has 4 aromatic rings. The van der Waals surface area contributed by atoms with Gasteiger partial charge in [-0.3, -0.25) is 4.79 Å². The van der Waals surface area contributed by atoms with Gasteiger partial charge >= 0.3 is 0 Å². The van der Waals surface area contributed by atoms with Crippen molar-refractivity contribution in [3.63, 3.8) is 0 Å². The van der Waals surface area contributed by atoms with Crippen molar-refractivity contribution < 1.29 is 9.90 Å². The lowest BCUT2D eigenvalue weighted by atomic mass is 9.81. The molecule has 0 fully saturated rings. The second kappa shape index (κ2) is 5.52. The van der Waals surface area contributed by atoms with Crippen LogP contribution in [0.2, 0.25) is 0 Å². The molecule has 1 aliphatic rings. The molecule has 5 heteroatoms. The molecule has 126 valence electrons. The van der Waals surface area contributed by atoms with E-state index in [2.05, 4.69) is 15.0 Å². The number of aromatic nitrogens is 3. The van der Waals surface area contributed by atoms with Gasteiger partial charge in [-0.1, -0.05) is 36.4 Å². The van der Waals surface area contributed by atoms with Gasteiger partial charge in [-0.05, 0) is 28.8 Å². The van der Waals surface area contributed by atoms with Gasteiger partial charge in [0.1, 0.15) is 23.5 Å². The average Bonchev–Trinajstić information content (AvgIpc) is 3.07. The molecule has 0 spiro atoms. The van der Waals surface area contributed by atoms with Gasteiger partial charge in [-0.15, -0.1) is 0 Å². The smallest absolute Gasteiger partial charge is 0.149 e. The van der Waals surface area contributed by atoms with Crippen molar-refractivity contribution in [2.45, 2.75) is 12.3 Å². The minimum atomic E-state index is -0.428. The molecular formula is C21H15N3O2. The minimum Gasteiger partial charge on any atom is -0.508 e. The molecule has 0 amide bonds. The van der Waals surface area contributed by atoms with Crippen molar-refractivity contribution in [1.82, 2.24) is 15.0 Å². The van der Waals surface area contributed by atoms with Gasteiger partial charge in [0.05, 0.1) is 11.6 Å². The molecule has 0 saturated carbocycles. The second-order valence-electron chi connectivity index (χ2n) is 6.51. The number of phenolic OH excluding ortho intramolecular Hbond substituents is 1. The number of carbonyl (C=O) groups is 1. The van der Waals surface area contributed by atoms with Crippen molar-refractivity contribution in [1.29, 1.82) is 0 Å². The first-order chi connectivity index (χ1) is 12.7. The Morgan fingerprint density at radius 2 is 1.85 bits per heavy atom. The second-order valence-corrected chi connectivity index (χ2v) is 6.51. The molecule has 5 rings (SSSR count). The highest BCUT2D eigenvalue weighted by atomic mass is 16.3. The highest BCUT2D eigenvalue weighted by molar-refractivity contribution is 6.03. The summed E-state index contributed by atoms with van der Waals surface area (Å²) in [6.07, 6.45) is 3.73. The predicted molar refractivity (Wildman–Crippen MR) is 98.0 cm³/mol. The Morgan fingerprint density at radius 1 is 1.04 bits per heavy atom. The highest BCUT2D eigenvalue weighted by Crippen LogP contribution is 2.40. The summed E-state index contributed by atoms with van der Waals surface area (Å²) >= 11 is 0. The molecular weight excluding hydrogens is 326 g/mol. The normalized spacial score (nSPS) is 16.2. The lowest BCUT2D eigenvalue weighted by Crippen LogP contribution is -2.18. The number of aromatic amines is 1. The number of hydrogen-bond acceptors (Lipinski definition) is 4. The van der Waals surface area contributed by atoms with Crippen LogP contribution < -0.4 is 0 Å². The molecule has 26 heavy (non-hydrogen) atoms. The summed E-state index contributed by atoms with van der Waals surface area (Å²) in [6.45, 7) is 0. The standard InChI is InChI=1S/C21H15N3O2/c25-14-7-5-12(6-8-14)18-16-10-22-21-19(16)20(23-11-24-21)15-4-2-1-3-13(15)9-17(18)26/h1-8,10-11,18,25H,9H2,(H,22,23,24). The fraction of sp³-hybridized carbons (Fsp3) is 0.0952. The fourth-order valence-electron chi connectivity index (χ4n) is 3.82. The Bertz CT molecular complexity index is 1150. The minimum absolute atomic E-state index is 0.110. The van der Waals surface area contributed by atoms with Gasteiger partial charge in [0, 0.05) is 23.6 Å². The van der Waals surface area contributed by atoms with Crippen molar-refractivity contribution in [2.75, 3.05) is 0 Å². The van der Waals surface area contributed by atoms with E-state index in [1.54, 1.807) is 30.6 Å². The number of fused-ring (bicyclic) bond motifs is 2. The maximum atomic E-state index is 13.2. The number of Topliss-reactive ketones (excluding diaryl/α,β-unsaturated/α-hetero) is 1. The monoisotopic (exact) mass is 341 g/mol. The number of phenols is 1. The summed E-state index contributed by atoms with van der Waals surface area (Å²) in [5.41, 5.74) is 5.23. The molecule has 0 aliphatic heterocycles. The van der Waals surface area contributed by atoms with Crippen molar-refractivity contribution in [3.05, 3.63) is 77.7 Å². The van der Waals surface area contributed by atoms with Crippen LogP contribution in [0.1, 0.15) is 22.6 Å². The summed E-state index contributed by atoms with van der Waals surface area (Å²) in [5, 5.41) is 10.5. The van der Waals surface area contributed by atoms with Crippen LogP contribution in [0, 0.1) is 0 Å². The largest absolute Gasteiger partial charge is 0.508 e. The number of hydrogen-bond donors (Lipinski definition) is 2. The van der Waals surface area contributed by atoms with E-state index in [9.17, 15) is 9.90 Å². The number of H-pyrrole nitrogens is 1. The van der Waals surface area contributed by atoms with Gasteiger partial charge in [-0.25, -0.2) is 9.97 Å². The number of ketones is 1. The summed E-state index contributed by atoms with van der Waals surface area (Å²) in [5.74, 6) is -0.138. The molecule has 2 aromatic carbocycles.